The topological polar surface area (TPSA) is 78.4 Å². The summed E-state index contributed by atoms with van der Waals surface area (Å²) in [7, 11) is 0. The molecule has 0 heterocycles. The van der Waals surface area contributed by atoms with E-state index in [0.717, 1.165) is 0 Å². The van der Waals surface area contributed by atoms with Gasteiger partial charge in [0.05, 0.1) is 10.7 Å². The molecule has 1 atom stereocenters. The number of carboxylic acid groups (broad SMARTS) is 1. The number of carbonyl (C=O) groups is 2. The van der Waals surface area contributed by atoms with Crippen LogP contribution >= 0.6 is 23.2 Å². The van der Waals surface area contributed by atoms with Gasteiger partial charge in [-0.3, -0.25) is 0 Å². The third kappa shape index (κ3) is 4.61. The number of amides is 2. The third-order valence-corrected chi connectivity index (χ3v) is 2.95. The second-order valence-corrected chi connectivity index (χ2v) is 5.13. The molecular weight excluding hydrogens is 291 g/mol. The molecule has 3 N–H and O–H groups in total. The molecule has 0 saturated carbocycles. The molecule has 0 spiro atoms. The molecule has 0 bridgehead atoms. The van der Waals surface area contributed by atoms with Crippen LogP contribution in [0.3, 0.4) is 0 Å². The molecule has 0 aromatic heterocycles. The van der Waals surface area contributed by atoms with E-state index in [9.17, 15) is 9.59 Å². The highest BCUT2D eigenvalue weighted by Crippen LogP contribution is 2.25. The lowest BCUT2D eigenvalue weighted by molar-refractivity contribution is -0.140. The van der Waals surface area contributed by atoms with Crippen molar-refractivity contribution in [3.8, 4) is 0 Å². The maximum absolute atomic E-state index is 11.7. The van der Waals surface area contributed by atoms with Crippen LogP contribution in [0.2, 0.25) is 10.0 Å². The number of rotatable bonds is 4. The molecule has 0 fully saturated rings. The van der Waals surface area contributed by atoms with Crippen LogP contribution in [-0.2, 0) is 4.79 Å². The van der Waals surface area contributed by atoms with Crippen molar-refractivity contribution in [3.63, 3.8) is 0 Å². The van der Waals surface area contributed by atoms with E-state index >= 15 is 0 Å². The lowest BCUT2D eigenvalue weighted by Gasteiger charge is -2.18. The van der Waals surface area contributed by atoms with Crippen molar-refractivity contribution < 1.29 is 14.7 Å². The molecule has 0 aliphatic rings. The van der Waals surface area contributed by atoms with E-state index in [1.807, 2.05) is 0 Å². The van der Waals surface area contributed by atoms with Crippen molar-refractivity contribution in [2.45, 2.75) is 19.9 Å². The summed E-state index contributed by atoms with van der Waals surface area (Å²) in [4.78, 5) is 22.6. The summed E-state index contributed by atoms with van der Waals surface area (Å²) in [5.74, 6) is -1.32. The quantitative estimate of drug-likeness (QED) is 0.799. The third-order valence-electron chi connectivity index (χ3n) is 2.40. The summed E-state index contributed by atoms with van der Waals surface area (Å²) < 4.78 is 0. The Bertz CT molecular complexity index is 492. The van der Waals surface area contributed by atoms with E-state index in [4.69, 9.17) is 28.3 Å². The Labute approximate surface area is 120 Å². The van der Waals surface area contributed by atoms with Gasteiger partial charge in [0.15, 0.2) is 0 Å². The van der Waals surface area contributed by atoms with E-state index < -0.39 is 18.0 Å². The molecule has 5 nitrogen and oxygen atoms in total. The first-order valence-corrected chi connectivity index (χ1v) is 6.32. The summed E-state index contributed by atoms with van der Waals surface area (Å²) in [6.45, 7) is 3.41. The zero-order valence-corrected chi connectivity index (χ0v) is 11.9. The van der Waals surface area contributed by atoms with Crippen molar-refractivity contribution >= 4 is 40.9 Å². The lowest BCUT2D eigenvalue weighted by atomic mass is 10.1. The number of halogens is 2. The number of hydrogen-bond acceptors (Lipinski definition) is 2. The minimum absolute atomic E-state index is 0.232. The van der Waals surface area contributed by atoms with Crippen LogP contribution in [0.25, 0.3) is 0 Å². The van der Waals surface area contributed by atoms with Gasteiger partial charge >= 0.3 is 12.0 Å². The Morgan fingerprint density at radius 1 is 1.26 bits per heavy atom. The first-order valence-electron chi connectivity index (χ1n) is 5.56. The van der Waals surface area contributed by atoms with Crippen LogP contribution in [0.1, 0.15) is 13.8 Å². The summed E-state index contributed by atoms with van der Waals surface area (Å²) in [6, 6.07) is 2.99. The Kier molecular flexibility index (Phi) is 5.44. The Morgan fingerprint density at radius 3 is 2.37 bits per heavy atom. The van der Waals surface area contributed by atoms with Gasteiger partial charge in [-0.15, -0.1) is 0 Å². The molecule has 0 aliphatic heterocycles. The molecule has 1 aromatic carbocycles. The Morgan fingerprint density at radius 2 is 1.89 bits per heavy atom. The normalized spacial score (nSPS) is 12.1. The molecule has 0 radical (unpaired) electrons. The summed E-state index contributed by atoms with van der Waals surface area (Å²) >= 11 is 11.6. The maximum atomic E-state index is 11.7. The molecule has 0 saturated heterocycles. The highest BCUT2D eigenvalue weighted by Gasteiger charge is 2.23. The van der Waals surface area contributed by atoms with Crippen LogP contribution in [0, 0.1) is 5.92 Å². The van der Waals surface area contributed by atoms with Gasteiger partial charge in [0.2, 0.25) is 0 Å². The number of urea groups is 1. The maximum Gasteiger partial charge on any atom is 0.326 e. The predicted molar refractivity (Wildman–Crippen MR) is 74.9 cm³/mol. The number of carboxylic acids is 1. The van der Waals surface area contributed by atoms with Crippen molar-refractivity contribution in [3.05, 3.63) is 28.2 Å². The number of anilines is 1. The number of benzene rings is 1. The molecule has 2 amide bonds. The van der Waals surface area contributed by atoms with Gasteiger partial charge in [-0.1, -0.05) is 37.0 Å². The Balaban J connectivity index is 2.72. The zero-order valence-electron chi connectivity index (χ0n) is 10.4. The minimum atomic E-state index is -1.09. The average Bonchev–Trinajstić information content (AvgIpc) is 2.29. The summed E-state index contributed by atoms with van der Waals surface area (Å²) in [5, 5.41) is 14.5. The molecule has 1 aromatic rings. The highest BCUT2D eigenvalue weighted by atomic mass is 35.5. The van der Waals surface area contributed by atoms with Crippen LogP contribution in [0.15, 0.2) is 18.2 Å². The SMILES string of the molecule is CC(C)[C@@H](NC(=O)Nc1ccc(Cl)cc1Cl)C(=O)O. The molecular formula is C12H14Cl2N2O3. The van der Waals surface area contributed by atoms with E-state index in [0.29, 0.717) is 10.7 Å². The van der Waals surface area contributed by atoms with Gasteiger partial charge in [0.1, 0.15) is 6.04 Å². The van der Waals surface area contributed by atoms with Gasteiger partial charge in [-0.2, -0.15) is 0 Å². The second-order valence-electron chi connectivity index (χ2n) is 4.28. The number of carbonyl (C=O) groups excluding carboxylic acids is 1. The van der Waals surface area contributed by atoms with E-state index in [1.165, 1.54) is 12.1 Å². The van der Waals surface area contributed by atoms with Gasteiger partial charge in [-0.25, -0.2) is 9.59 Å². The van der Waals surface area contributed by atoms with E-state index in [-0.39, 0.29) is 10.9 Å². The fourth-order valence-electron chi connectivity index (χ4n) is 1.40. The van der Waals surface area contributed by atoms with Gasteiger partial charge in [0, 0.05) is 5.02 Å². The second kappa shape index (κ2) is 6.63. The van der Waals surface area contributed by atoms with Crippen molar-refractivity contribution in [1.29, 1.82) is 0 Å². The highest BCUT2D eigenvalue weighted by molar-refractivity contribution is 6.36. The minimum Gasteiger partial charge on any atom is -0.480 e. The average molecular weight is 305 g/mol. The summed E-state index contributed by atoms with van der Waals surface area (Å²) in [5.41, 5.74) is 0.358. The standard InChI is InChI=1S/C12H14Cl2N2O3/c1-6(2)10(11(17)18)16-12(19)15-9-4-3-7(13)5-8(9)14/h3-6,10H,1-2H3,(H,17,18)(H2,15,16,19)/t10-/m1/s1. The van der Waals surface area contributed by atoms with Crippen molar-refractivity contribution in [1.82, 2.24) is 5.32 Å². The van der Waals surface area contributed by atoms with Gasteiger partial charge in [0.25, 0.3) is 0 Å². The molecule has 7 heteroatoms. The molecule has 0 aliphatic carbocycles. The van der Waals surface area contributed by atoms with Crippen LogP contribution in [-0.4, -0.2) is 23.1 Å². The predicted octanol–water partition coefficient (Wildman–Crippen LogP) is 3.22. The molecule has 1 rings (SSSR count). The van der Waals surface area contributed by atoms with Crippen molar-refractivity contribution in [2.24, 2.45) is 5.92 Å². The van der Waals surface area contributed by atoms with Crippen LogP contribution in [0.4, 0.5) is 10.5 Å². The smallest absolute Gasteiger partial charge is 0.326 e. The Hall–Kier alpha value is -1.46. The monoisotopic (exact) mass is 304 g/mol. The first-order chi connectivity index (χ1) is 8.81. The van der Waals surface area contributed by atoms with E-state index in [2.05, 4.69) is 10.6 Å². The van der Waals surface area contributed by atoms with Crippen molar-refractivity contribution in [2.75, 3.05) is 5.32 Å². The van der Waals surface area contributed by atoms with E-state index in [1.54, 1.807) is 19.9 Å². The first kappa shape index (κ1) is 15.6. The number of nitrogens with one attached hydrogen (secondary N) is 2. The summed E-state index contributed by atoms with van der Waals surface area (Å²) in [6.07, 6.45) is 0. The fourth-order valence-corrected chi connectivity index (χ4v) is 1.86. The van der Waals surface area contributed by atoms with Crippen LogP contribution < -0.4 is 10.6 Å². The fraction of sp³-hybridized carbons (Fsp3) is 0.333. The zero-order chi connectivity index (χ0) is 14.6. The van der Waals surface area contributed by atoms with Gasteiger partial charge in [-0.05, 0) is 24.1 Å². The molecule has 19 heavy (non-hydrogen) atoms. The number of hydrogen-bond donors (Lipinski definition) is 3. The molecule has 104 valence electrons. The largest absolute Gasteiger partial charge is 0.480 e. The van der Waals surface area contributed by atoms with Crippen LogP contribution in [0.5, 0.6) is 0 Å². The lowest BCUT2D eigenvalue weighted by Crippen LogP contribution is -2.46. The molecule has 0 unspecified atom stereocenters. The van der Waals surface area contributed by atoms with Gasteiger partial charge < -0.3 is 15.7 Å². The number of aliphatic carboxylic acids is 1.